The van der Waals surface area contributed by atoms with Gasteiger partial charge in [0.2, 0.25) is 0 Å². The van der Waals surface area contributed by atoms with Crippen molar-refractivity contribution in [2.75, 3.05) is 7.05 Å². The van der Waals surface area contributed by atoms with E-state index in [4.69, 9.17) is 0 Å². The molecule has 0 saturated carbocycles. The van der Waals surface area contributed by atoms with Crippen LogP contribution in [0.15, 0.2) is 84.9 Å². The fourth-order valence-electron chi connectivity index (χ4n) is 3.68. The minimum absolute atomic E-state index is 0.0375. The molecule has 0 amide bonds. The Kier molecular flexibility index (Phi) is 6.54. The Hall–Kier alpha value is -1.35. The summed E-state index contributed by atoms with van der Waals surface area (Å²) in [6.07, 6.45) is 0. The predicted molar refractivity (Wildman–Crippen MR) is 125 cm³/mol. The topological polar surface area (TPSA) is 20.3 Å². The first-order valence-electron chi connectivity index (χ1n) is 9.80. The summed E-state index contributed by atoms with van der Waals surface area (Å²) in [5.74, 6) is 0. The first-order valence-corrected chi connectivity index (χ1v) is 21.4. The van der Waals surface area contributed by atoms with E-state index in [1.807, 2.05) is 61.6 Å². The third-order valence-electron chi connectivity index (χ3n) is 5.43. The van der Waals surface area contributed by atoms with Gasteiger partial charge in [-0.1, -0.05) is 0 Å². The molecule has 0 heterocycles. The summed E-state index contributed by atoms with van der Waals surface area (Å²) in [6.45, 7) is 2.15. The Labute approximate surface area is 173 Å². The van der Waals surface area contributed by atoms with Crippen LogP contribution in [-0.4, -0.2) is 30.1 Å². The van der Waals surface area contributed by atoms with Crippen LogP contribution in [0.3, 0.4) is 0 Å². The number of nitrogens with zero attached hydrogens (tertiary/aromatic N) is 1. The van der Waals surface area contributed by atoms with Gasteiger partial charge in [-0.25, -0.2) is 0 Å². The van der Waals surface area contributed by atoms with E-state index in [0.29, 0.717) is 0 Å². The monoisotopic (exact) mass is 499 g/mol. The van der Waals surface area contributed by atoms with Crippen molar-refractivity contribution in [2.24, 2.45) is 0 Å². The molecule has 0 fully saturated rings. The van der Waals surface area contributed by atoms with Gasteiger partial charge in [-0.05, 0) is 0 Å². The molecular weight excluding hydrogens is 468 g/mol. The van der Waals surface area contributed by atoms with Crippen LogP contribution in [0.5, 0.6) is 0 Å². The van der Waals surface area contributed by atoms with Gasteiger partial charge in [-0.3, -0.25) is 0 Å². The normalized spacial score (nSPS) is 15.2. The standard InChI is InChI=1S/C21H21NOP.3CH3.Sn/c1-18(19-12-6-3-7-13-19)22(2)24(23,20-14-8-4-9-15-20)21-16-10-5-11-17-21;;;;/h3-16,18H,1-2H3;3*1H3;/t18-,24?;;;;/m0..../s1. The quantitative estimate of drug-likeness (QED) is 0.346. The Morgan fingerprint density at radius 2 is 1.29 bits per heavy atom. The zero-order valence-electron chi connectivity index (χ0n) is 17.5. The summed E-state index contributed by atoms with van der Waals surface area (Å²) >= 11 is -2.49. The third-order valence-corrected chi connectivity index (χ3v) is 15.2. The second kappa shape index (κ2) is 8.57. The van der Waals surface area contributed by atoms with Crippen molar-refractivity contribution in [3.05, 3.63) is 90.5 Å². The molecule has 0 spiro atoms. The van der Waals surface area contributed by atoms with E-state index < -0.39 is 25.7 Å². The summed E-state index contributed by atoms with van der Waals surface area (Å²) < 4.78 is 18.4. The molecule has 2 atom stereocenters. The maximum absolute atomic E-state index is 15.0. The molecule has 0 bridgehead atoms. The van der Waals surface area contributed by atoms with Crippen molar-refractivity contribution in [1.82, 2.24) is 4.67 Å². The Bertz CT molecular complexity index is 967. The second-order valence-electron chi connectivity index (χ2n) is 8.34. The van der Waals surface area contributed by atoms with Crippen molar-refractivity contribution >= 4 is 39.9 Å². The molecule has 0 aliphatic rings. The molecule has 0 N–H and O–H groups in total. The average Bonchev–Trinajstić information content (AvgIpc) is 2.72. The van der Waals surface area contributed by atoms with Crippen LogP contribution < -0.4 is 14.2 Å². The van der Waals surface area contributed by atoms with Crippen molar-refractivity contribution in [3.8, 4) is 0 Å². The number of hydrogen-bond donors (Lipinski definition) is 0. The van der Waals surface area contributed by atoms with Gasteiger partial charge in [0.25, 0.3) is 0 Å². The molecule has 3 aromatic rings. The van der Waals surface area contributed by atoms with Gasteiger partial charge in [0.1, 0.15) is 0 Å². The SMILES string of the molecule is C[C@@H](c1ccccc1)N(C)P(=O)(c1ccccc1)c1cccc[c]1[Sn]([CH3])([CH3])[CH3]. The van der Waals surface area contributed by atoms with Crippen molar-refractivity contribution in [1.29, 1.82) is 0 Å². The molecule has 1 unspecified atom stereocenters. The summed E-state index contributed by atoms with van der Waals surface area (Å²) in [7, 11) is -0.971. The molecule has 3 rings (SSSR count). The van der Waals surface area contributed by atoms with Crippen LogP contribution in [0.2, 0.25) is 14.8 Å². The zero-order valence-corrected chi connectivity index (χ0v) is 21.2. The minimum atomic E-state index is -2.98. The predicted octanol–water partition coefficient (Wildman–Crippen LogP) is 5.15. The first kappa shape index (κ1) is 21.4. The average molecular weight is 498 g/mol. The fraction of sp³-hybridized carbons (Fsp3) is 0.250. The van der Waals surface area contributed by atoms with E-state index in [2.05, 4.69) is 56.7 Å². The first-order chi connectivity index (χ1) is 13.3. The van der Waals surface area contributed by atoms with Crippen LogP contribution in [0, 0.1) is 0 Å². The molecule has 0 aliphatic carbocycles. The van der Waals surface area contributed by atoms with Crippen molar-refractivity contribution in [3.63, 3.8) is 0 Å². The van der Waals surface area contributed by atoms with Crippen LogP contribution in [0.1, 0.15) is 18.5 Å². The number of rotatable bonds is 6. The molecule has 4 heteroatoms. The van der Waals surface area contributed by atoms with Gasteiger partial charge in [-0.15, -0.1) is 0 Å². The van der Waals surface area contributed by atoms with E-state index in [0.717, 1.165) is 10.6 Å². The van der Waals surface area contributed by atoms with E-state index in [1.165, 1.54) is 9.14 Å². The van der Waals surface area contributed by atoms with E-state index in [-0.39, 0.29) is 6.04 Å². The Balaban J connectivity index is 2.23. The molecule has 3 aromatic carbocycles. The third kappa shape index (κ3) is 4.15. The number of benzene rings is 3. The van der Waals surface area contributed by atoms with Crippen molar-refractivity contribution < 1.29 is 4.57 Å². The van der Waals surface area contributed by atoms with E-state index >= 15 is 0 Å². The maximum atomic E-state index is 15.0. The zero-order chi connectivity index (χ0) is 20.4. The van der Waals surface area contributed by atoms with Crippen LogP contribution in [-0.2, 0) is 4.57 Å². The molecule has 2 nitrogen and oxygen atoms in total. The molecular formula is C24H30NOPSn. The Morgan fingerprint density at radius 3 is 1.86 bits per heavy atom. The Morgan fingerprint density at radius 1 is 0.786 bits per heavy atom. The van der Waals surface area contributed by atoms with Gasteiger partial charge in [0, 0.05) is 0 Å². The van der Waals surface area contributed by atoms with Crippen molar-refractivity contribution in [2.45, 2.75) is 27.8 Å². The summed E-state index contributed by atoms with van der Waals surface area (Å²) in [5.41, 5.74) is 1.18. The fourth-order valence-corrected chi connectivity index (χ4v) is 14.2. The molecule has 0 radical (unpaired) electrons. The van der Waals surface area contributed by atoms with Gasteiger partial charge in [0.05, 0.1) is 0 Å². The second-order valence-corrected chi connectivity index (χ2v) is 25.5. The molecule has 0 aliphatic heterocycles. The van der Waals surface area contributed by atoms with Gasteiger partial charge in [-0.2, -0.15) is 0 Å². The van der Waals surface area contributed by atoms with Gasteiger partial charge >= 0.3 is 174 Å². The summed E-state index contributed by atoms with van der Waals surface area (Å²) in [4.78, 5) is 7.18. The molecule has 0 aromatic heterocycles. The molecule has 0 saturated heterocycles. The van der Waals surface area contributed by atoms with E-state index in [9.17, 15) is 4.57 Å². The van der Waals surface area contributed by atoms with E-state index in [1.54, 1.807) is 0 Å². The van der Waals surface area contributed by atoms with Crippen LogP contribution in [0.25, 0.3) is 0 Å². The molecule has 146 valence electrons. The van der Waals surface area contributed by atoms with Gasteiger partial charge < -0.3 is 0 Å². The summed E-state index contributed by atoms with van der Waals surface area (Å²) in [5, 5.41) is 1.93. The molecule has 28 heavy (non-hydrogen) atoms. The number of hydrogen-bond acceptors (Lipinski definition) is 1. The van der Waals surface area contributed by atoms with Crippen LogP contribution >= 0.6 is 7.29 Å². The van der Waals surface area contributed by atoms with Crippen LogP contribution in [0.4, 0.5) is 0 Å². The van der Waals surface area contributed by atoms with Gasteiger partial charge in [0.15, 0.2) is 0 Å². The summed E-state index contributed by atoms with van der Waals surface area (Å²) in [6, 6.07) is 28.8.